The Morgan fingerprint density at radius 3 is 3.00 bits per heavy atom. The maximum atomic E-state index is 5.61. The fraction of sp³-hybridized carbons (Fsp3) is 0.417. The minimum Gasteiger partial charge on any atom is -0.469 e. The summed E-state index contributed by atoms with van der Waals surface area (Å²) in [6.07, 6.45) is 6.22. The summed E-state index contributed by atoms with van der Waals surface area (Å²) in [5.74, 6) is 7.53. The van der Waals surface area contributed by atoms with Crippen LogP contribution in [0.2, 0.25) is 0 Å². The number of nitrogens with zero attached hydrogens (tertiary/aromatic N) is 2. The molecule has 2 aromatic heterocycles. The van der Waals surface area contributed by atoms with Gasteiger partial charge >= 0.3 is 0 Å². The van der Waals surface area contributed by atoms with Gasteiger partial charge in [-0.15, -0.1) is 0 Å². The number of furan rings is 1. The second-order valence-corrected chi connectivity index (χ2v) is 3.98. The summed E-state index contributed by atoms with van der Waals surface area (Å²) in [5, 5.41) is 0. The molecular formula is C12H18N4O. The van der Waals surface area contributed by atoms with E-state index < -0.39 is 0 Å². The van der Waals surface area contributed by atoms with Gasteiger partial charge in [0.15, 0.2) is 0 Å². The fourth-order valence-corrected chi connectivity index (χ4v) is 2.02. The molecule has 1 unspecified atom stereocenters. The fourth-order valence-electron chi connectivity index (χ4n) is 2.02. The van der Waals surface area contributed by atoms with E-state index in [1.165, 1.54) is 0 Å². The van der Waals surface area contributed by atoms with Gasteiger partial charge in [0, 0.05) is 30.9 Å². The lowest BCUT2D eigenvalue weighted by molar-refractivity contribution is 0.491. The van der Waals surface area contributed by atoms with Gasteiger partial charge in [0.25, 0.3) is 0 Å². The van der Waals surface area contributed by atoms with Gasteiger partial charge in [-0.2, -0.15) is 0 Å². The van der Waals surface area contributed by atoms with Crippen molar-refractivity contribution in [3.8, 4) is 0 Å². The zero-order valence-corrected chi connectivity index (χ0v) is 10.2. The number of aromatic nitrogens is 2. The van der Waals surface area contributed by atoms with Crippen molar-refractivity contribution in [2.45, 2.75) is 32.9 Å². The van der Waals surface area contributed by atoms with Crippen LogP contribution in [-0.2, 0) is 13.0 Å². The molecule has 0 aliphatic heterocycles. The van der Waals surface area contributed by atoms with E-state index in [4.69, 9.17) is 10.3 Å². The van der Waals surface area contributed by atoms with Crippen molar-refractivity contribution in [2.75, 3.05) is 0 Å². The molecule has 0 aliphatic rings. The Morgan fingerprint density at radius 2 is 2.41 bits per heavy atom. The van der Waals surface area contributed by atoms with Crippen LogP contribution < -0.4 is 11.3 Å². The lowest BCUT2D eigenvalue weighted by Crippen LogP contribution is -2.30. The summed E-state index contributed by atoms with van der Waals surface area (Å²) in [5.41, 5.74) is 3.90. The monoisotopic (exact) mass is 234 g/mol. The molecule has 92 valence electrons. The maximum Gasteiger partial charge on any atom is 0.110 e. The number of aryl methyl sites for hydroxylation is 2. The molecule has 0 spiro atoms. The molecule has 2 heterocycles. The molecule has 3 N–H and O–H groups in total. The molecule has 0 fully saturated rings. The average molecular weight is 234 g/mol. The molecular weight excluding hydrogens is 216 g/mol. The standard InChI is InChI=1S/C12H18N4O/c1-3-16-6-5-14-12(16)8-11(15-13)10-4-7-17-9(10)2/h4-7,11,15H,3,8,13H2,1-2H3. The van der Waals surface area contributed by atoms with Crippen LogP contribution in [0.15, 0.2) is 29.1 Å². The Balaban J connectivity index is 2.19. The average Bonchev–Trinajstić information content (AvgIpc) is 2.94. The molecule has 2 aromatic rings. The third kappa shape index (κ3) is 2.40. The lowest BCUT2D eigenvalue weighted by atomic mass is 10.1. The Hall–Kier alpha value is -1.59. The molecule has 2 rings (SSSR count). The van der Waals surface area contributed by atoms with Crippen molar-refractivity contribution < 1.29 is 4.42 Å². The zero-order chi connectivity index (χ0) is 12.3. The Labute approximate surface area is 101 Å². The highest BCUT2D eigenvalue weighted by Crippen LogP contribution is 2.21. The molecule has 17 heavy (non-hydrogen) atoms. The highest BCUT2D eigenvalue weighted by Gasteiger charge is 2.17. The van der Waals surface area contributed by atoms with Gasteiger partial charge < -0.3 is 8.98 Å². The van der Waals surface area contributed by atoms with Crippen LogP contribution in [0.5, 0.6) is 0 Å². The minimum absolute atomic E-state index is 0.0291. The summed E-state index contributed by atoms with van der Waals surface area (Å²) >= 11 is 0. The van der Waals surface area contributed by atoms with Gasteiger partial charge in [-0.25, -0.2) is 4.98 Å². The van der Waals surface area contributed by atoms with E-state index in [-0.39, 0.29) is 6.04 Å². The number of hydrazine groups is 1. The number of hydrogen-bond acceptors (Lipinski definition) is 4. The van der Waals surface area contributed by atoms with Gasteiger partial charge in [-0.1, -0.05) is 0 Å². The van der Waals surface area contributed by atoms with Gasteiger partial charge in [-0.3, -0.25) is 11.3 Å². The highest BCUT2D eigenvalue weighted by atomic mass is 16.3. The molecule has 5 nitrogen and oxygen atoms in total. The molecule has 1 atom stereocenters. The van der Waals surface area contributed by atoms with Crippen molar-refractivity contribution >= 4 is 0 Å². The smallest absolute Gasteiger partial charge is 0.110 e. The Morgan fingerprint density at radius 1 is 1.59 bits per heavy atom. The van der Waals surface area contributed by atoms with Crippen LogP contribution in [0.25, 0.3) is 0 Å². The van der Waals surface area contributed by atoms with E-state index in [1.54, 1.807) is 6.26 Å². The van der Waals surface area contributed by atoms with E-state index in [1.807, 2.05) is 25.4 Å². The topological polar surface area (TPSA) is 69.0 Å². The molecule has 0 aliphatic carbocycles. The molecule has 0 radical (unpaired) electrons. The largest absolute Gasteiger partial charge is 0.469 e. The van der Waals surface area contributed by atoms with Crippen molar-refractivity contribution in [2.24, 2.45) is 5.84 Å². The first-order valence-corrected chi connectivity index (χ1v) is 5.76. The highest BCUT2D eigenvalue weighted by molar-refractivity contribution is 5.21. The summed E-state index contributed by atoms with van der Waals surface area (Å²) in [7, 11) is 0. The maximum absolute atomic E-state index is 5.61. The number of rotatable bonds is 5. The molecule has 0 amide bonds. The van der Waals surface area contributed by atoms with Crippen LogP contribution >= 0.6 is 0 Å². The SMILES string of the molecule is CCn1ccnc1CC(NN)c1ccoc1C. The minimum atomic E-state index is 0.0291. The van der Waals surface area contributed by atoms with E-state index in [2.05, 4.69) is 21.9 Å². The number of imidazole rings is 1. The van der Waals surface area contributed by atoms with Crippen LogP contribution in [0.3, 0.4) is 0 Å². The van der Waals surface area contributed by atoms with Gasteiger partial charge in [0.2, 0.25) is 0 Å². The second-order valence-electron chi connectivity index (χ2n) is 3.98. The molecule has 5 heteroatoms. The van der Waals surface area contributed by atoms with Crippen molar-refractivity contribution in [1.82, 2.24) is 15.0 Å². The lowest BCUT2D eigenvalue weighted by Gasteiger charge is -2.15. The van der Waals surface area contributed by atoms with E-state index in [0.29, 0.717) is 0 Å². The molecule has 0 aromatic carbocycles. The molecule has 0 saturated heterocycles. The van der Waals surface area contributed by atoms with Gasteiger partial charge in [0.1, 0.15) is 11.6 Å². The quantitative estimate of drug-likeness (QED) is 0.608. The summed E-state index contributed by atoms with van der Waals surface area (Å²) in [6.45, 7) is 4.95. The summed E-state index contributed by atoms with van der Waals surface area (Å²) < 4.78 is 7.41. The number of nitrogens with two attached hydrogens (primary N) is 1. The second kappa shape index (κ2) is 5.16. The molecule has 0 bridgehead atoms. The van der Waals surface area contributed by atoms with Crippen LogP contribution in [0.4, 0.5) is 0 Å². The van der Waals surface area contributed by atoms with Gasteiger partial charge in [-0.05, 0) is 19.9 Å². The first-order valence-electron chi connectivity index (χ1n) is 5.76. The first kappa shape index (κ1) is 11.9. The summed E-state index contributed by atoms with van der Waals surface area (Å²) in [6, 6.07) is 1.97. The van der Waals surface area contributed by atoms with Crippen LogP contribution in [-0.4, -0.2) is 9.55 Å². The Bertz CT molecular complexity index is 474. The summed E-state index contributed by atoms with van der Waals surface area (Å²) in [4.78, 5) is 4.35. The van der Waals surface area contributed by atoms with Crippen molar-refractivity contribution in [3.63, 3.8) is 0 Å². The van der Waals surface area contributed by atoms with Crippen molar-refractivity contribution in [1.29, 1.82) is 0 Å². The van der Waals surface area contributed by atoms with Gasteiger partial charge in [0.05, 0.1) is 12.3 Å². The third-order valence-electron chi connectivity index (χ3n) is 3.00. The zero-order valence-electron chi connectivity index (χ0n) is 10.2. The number of hydrogen-bond donors (Lipinski definition) is 2. The van der Waals surface area contributed by atoms with E-state index in [0.717, 1.165) is 30.1 Å². The molecule has 0 saturated carbocycles. The predicted molar refractivity (Wildman–Crippen MR) is 65.1 cm³/mol. The first-order chi connectivity index (χ1) is 8.26. The van der Waals surface area contributed by atoms with Crippen LogP contribution in [0.1, 0.15) is 30.1 Å². The predicted octanol–water partition coefficient (Wildman–Crippen LogP) is 1.55. The third-order valence-corrected chi connectivity index (χ3v) is 3.00. The van der Waals surface area contributed by atoms with Crippen molar-refractivity contribution in [3.05, 3.63) is 41.9 Å². The van der Waals surface area contributed by atoms with Crippen LogP contribution in [0, 0.1) is 6.92 Å². The van der Waals surface area contributed by atoms with E-state index in [9.17, 15) is 0 Å². The normalized spacial score (nSPS) is 12.9. The van der Waals surface area contributed by atoms with E-state index >= 15 is 0 Å². The Kier molecular flexibility index (Phi) is 3.61. The number of nitrogens with one attached hydrogen (secondary N) is 1.